The number of para-hydroxylation sites is 1. The molecule has 0 aromatic heterocycles. The molecule has 8 heteroatoms. The molecule has 3 rings (SSSR count). The highest BCUT2D eigenvalue weighted by Crippen LogP contribution is 2.33. The highest BCUT2D eigenvalue weighted by molar-refractivity contribution is 7.93. The van der Waals surface area contributed by atoms with Crippen LogP contribution in [0.25, 0.3) is 0 Å². The maximum absolute atomic E-state index is 13.3. The van der Waals surface area contributed by atoms with Gasteiger partial charge in [0.25, 0.3) is 10.0 Å². The van der Waals surface area contributed by atoms with Crippen molar-refractivity contribution >= 4 is 31.4 Å². The van der Waals surface area contributed by atoms with Gasteiger partial charge in [0.2, 0.25) is 10.0 Å². The van der Waals surface area contributed by atoms with Gasteiger partial charge in [-0.15, -0.1) is 0 Å². The maximum atomic E-state index is 13.3. The number of anilines is 2. The first-order valence-corrected chi connectivity index (χ1v) is 12.4. The van der Waals surface area contributed by atoms with Crippen molar-refractivity contribution in [2.45, 2.75) is 38.5 Å². The summed E-state index contributed by atoms with van der Waals surface area (Å²) in [7, 11) is -7.12. The number of hydrogen-bond acceptors (Lipinski definition) is 4. The van der Waals surface area contributed by atoms with Crippen molar-refractivity contribution in [3.05, 3.63) is 53.6 Å². The van der Waals surface area contributed by atoms with E-state index < -0.39 is 20.0 Å². The Morgan fingerprint density at radius 2 is 1.71 bits per heavy atom. The van der Waals surface area contributed by atoms with Crippen LogP contribution in [0.2, 0.25) is 0 Å². The third kappa shape index (κ3) is 3.75. The van der Waals surface area contributed by atoms with Crippen LogP contribution in [0.15, 0.2) is 47.4 Å². The van der Waals surface area contributed by atoms with Crippen LogP contribution in [0.1, 0.15) is 30.9 Å². The smallest absolute Gasteiger partial charge is 0.264 e. The summed E-state index contributed by atoms with van der Waals surface area (Å²) in [5.41, 5.74) is 2.35. The van der Waals surface area contributed by atoms with Crippen molar-refractivity contribution < 1.29 is 16.8 Å². The molecule has 0 saturated carbocycles. The molecule has 2 aromatic rings. The molecule has 1 aliphatic rings. The van der Waals surface area contributed by atoms with Gasteiger partial charge >= 0.3 is 0 Å². The third-order valence-corrected chi connectivity index (χ3v) is 8.91. The lowest BCUT2D eigenvalue weighted by atomic mass is 10.1. The van der Waals surface area contributed by atoms with Gasteiger partial charge in [-0.3, -0.25) is 8.61 Å². The lowest BCUT2D eigenvalue weighted by molar-refractivity contribution is 0.574. The molecule has 0 amide bonds. The molecule has 6 nitrogen and oxygen atoms in total. The van der Waals surface area contributed by atoms with Crippen LogP contribution < -0.4 is 8.61 Å². The second kappa shape index (κ2) is 7.75. The Hall–Kier alpha value is -2.06. The molecule has 0 bridgehead atoms. The number of sulfonamides is 2. The first-order valence-electron chi connectivity index (χ1n) is 9.38. The van der Waals surface area contributed by atoms with Crippen LogP contribution in [0.5, 0.6) is 0 Å². The number of rotatable bonds is 5. The Labute approximate surface area is 167 Å². The molecule has 0 atom stereocenters. The van der Waals surface area contributed by atoms with E-state index in [9.17, 15) is 16.8 Å². The van der Waals surface area contributed by atoms with E-state index in [1.54, 1.807) is 57.2 Å². The van der Waals surface area contributed by atoms with Gasteiger partial charge in [-0.25, -0.2) is 16.8 Å². The van der Waals surface area contributed by atoms with Crippen LogP contribution in [-0.2, 0) is 20.0 Å². The van der Waals surface area contributed by atoms with Crippen molar-refractivity contribution in [2.75, 3.05) is 27.5 Å². The number of nitrogens with zero attached hydrogens (tertiary/aromatic N) is 2. The summed E-state index contributed by atoms with van der Waals surface area (Å²) in [5.74, 6) is 0.128. The second-order valence-corrected chi connectivity index (χ2v) is 10.8. The Bertz CT molecular complexity index is 1060. The molecular formula is C20H26N2O4S2. The van der Waals surface area contributed by atoms with E-state index in [2.05, 4.69) is 0 Å². The number of hydrogen-bond donors (Lipinski definition) is 0. The number of benzene rings is 2. The average molecular weight is 423 g/mol. The average Bonchev–Trinajstić information content (AvgIpc) is 2.64. The quantitative estimate of drug-likeness (QED) is 0.740. The van der Waals surface area contributed by atoms with E-state index >= 15 is 0 Å². The first-order chi connectivity index (χ1) is 13.2. The van der Waals surface area contributed by atoms with Crippen molar-refractivity contribution in [3.8, 4) is 0 Å². The minimum atomic E-state index is -3.77. The molecular weight excluding hydrogens is 396 g/mol. The van der Waals surface area contributed by atoms with Crippen LogP contribution in [0, 0.1) is 13.8 Å². The summed E-state index contributed by atoms with van der Waals surface area (Å²) in [5, 5.41) is 0. The van der Waals surface area contributed by atoms with Gasteiger partial charge in [0.1, 0.15) is 0 Å². The lowest BCUT2D eigenvalue weighted by Gasteiger charge is -2.30. The largest absolute Gasteiger partial charge is 0.270 e. The fraction of sp³-hybridized carbons (Fsp3) is 0.400. The fourth-order valence-electron chi connectivity index (χ4n) is 3.58. The predicted octanol–water partition coefficient (Wildman–Crippen LogP) is 3.45. The molecule has 1 aliphatic heterocycles. The molecule has 152 valence electrons. The van der Waals surface area contributed by atoms with E-state index in [0.717, 1.165) is 6.42 Å². The Morgan fingerprint density at radius 1 is 1.04 bits per heavy atom. The summed E-state index contributed by atoms with van der Waals surface area (Å²) in [6.45, 7) is 6.00. The van der Waals surface area contributed by atoms with Gasteiger partial charge in [-0.2, -0.15) is 0 Å². The number of aryl methyl sites for hydroxylation is 2. The third-order valence-electron chi connectivity index (χ3n) is 5.01. The molecule has 1 fully saturated rings. The molecule has 2 aromatic carbocycles. The van der Waals surface area contributed by atoms with Gasteiger partial charge < -0.3 is 0 Å². The van der Waals surface area contributed by atoms with Crippen molar-refractivity contribution in [3.63, 3.8) is 0 Å². The van der Waals surface area contributed by atoms with E-state index in [-0.39, 0.29) is 10.6 Å². The highest BCUT2D eigenvalue weighted by atomic mass is 32.2. The van der Waals surface area contributed by atoms with Crippen LogP contribution in [0.4, 0.5) is 11.4 Å². The molecule has 0 spiro atoms. The van der Waals surface area contributed by atoms with Crippen LogP contribution in [-0.4, -0.2) is 35.7 Å². The Morgan fingerprint density at radius 3 is 2.32 bits per heavy atom. The molecule has 28 heavy (non-hydrogen) atoms. The second-order valence-electron chi connectivity index (χ2n) is 7.00. The van der Waals surface area contributed by atoms with Crippen LogP contribution in [0.3, 0.4) is 0 Å². The van der Waals surface area contributed by atoms with Gasteiger partial charge in [0.15, 0.2) is 0 Å². The van der Waals surface area contributed by atoms with E-state index in [1.165, 1.54) is 8.61 Å². The van der Waals surface area contributed by atoms with Crippen molar-refractivity contribution in [1.29, 1.82) is 0 Å². The monoisotopic (exact) mass is 422 g/mol. The maximum Gasteiger partial charge on any atom is 0.264 e. The summed E-state index contributed by atoms with van der Waals surface area (Å²) in [6, 6.07) is 12.2. The Balaban J connectivity index is 2.07. The zero-order chi connectivity index (χ0) is 20.5. The first kappa shape index (κ1) is 20.7. The topological polar surface area (TPSA) is 74.8 Å². The molecule has 1 heterocycles. The summed E-state index contributed by atoms with van der Waals surface area (Å²) in [4.78, 5) is 0.203. The standard InChI is InChI=1S/C20H26N2O4S2/c1-4-21(18-10-6-5-7-11-18)28(25,26)20-15-16(2)19(14-17(20)3)22-12-8-9-13-27(22,23)24/h5-7,10-11,14-15H,4,8-9,12-13H2,1-3H3. The Kier molecular flexibility index (Phi) is 5.72. The normalized spacial score (nSPS) is 16.8. The molecule has 0 radical (unpaired) electrons. The summed E-state index contributed by atoms with van der Waals surface area (Å²) >= 11 is 0. The van der Waals surface area contributed by atoms with Crippen LogP contribution >= 0.6 is 0 Å². The summed E-state index contributed by atoms with van der Waals surface area (Å²) in [6.07, 6.45) is 1.46. The zero-order valence-electron chi connectivity index (χ0n) is 16.4. The van der Waals surface area contributed by atoms with Gasteiger partial charge in [0.05, 0.1) is 22.0 Å². The van der Waals surface area contributed by atoms with Gasteiger partial charge in [-0.1, -0.05) is 18.2 Å². The zero-order valence-corrected chi connectivity index (χ0v) is 18.1. The minimum Gasteiger partial charge on any atom is -0.270 e. The lowest BCUT2D eigenvalue weighted by Crippen LogP contribution is -2.38. The van der Waals surface area contributed by atoms with Gasteiger partial charge in [0, 0.05) is 13.1 Å². The molecule has 1 saturated heterocycles. The van der Waals surface area contributed by atoms with Crippen molar-refractivity contribution in [1.82, 2.24) is 0 Å². The van der Waals surface area contributed by atoms with E-state index in [1.807, 2.05) is 6.07 Å². The molecule has 0 aliphatic carbocycles. The SMILES string of the molecule is CCN(c1ccccc1)S(=O)(=O)c1cc(C)c(N2CCCCS2(=O)=O)cc1C. The minimum absolute atomic E-state index is 0.128. The van der Waals surface area contributed by atoms with Crippen molar-refractivity contribution in [2.24, 2.45) is 0 Å². The van der Waals surface area contributed by atoms with E-state index in [0.29, 0.717) is 42.0 Å². The summed E-state index contributed by atoms with van der Waals surface area (Å²) < 4.78 is 54.4. The fourth-order valence-corrected chi connectivity index (χ4v) is 7.05. The molecule has 0 unspecified atom stereocenters. The predicted molar refractivity (Wildman–Crippen MR) is 113 cm³/mol. The molecule has 0 N–H and O–H groups in total. The van der Waals surface area contributed by atoms with E-state index in [4.69, 9.17) is 0 Å². The van der Waals surface area contributed by atoms with Gasteiger partial charge in [-0.05, 0) is 69.0 Å². The highest BCUT2D eigenvalue weighted by Gasteiger charge is 2.30.